The molecule has 128 valence electrons. The second kappa shape index (κ2) is 7.03. The first-order valence-corrected chi connectivity index (χ1v) is 7.07. The van der Waals surface area contributed by atoms with Gasteiger partial charge in [0.2, 0.25) is 0 Å². The smallest absolute Gasteiger partial charge is 0.286 e. The van der Waals surface area contributed by atoms with Gasteiger partial charge in [0.05, 0.1) is 31.5 Å². The van der Waals surface area contributed by atoms with Crippen LogP contribution in [0.3, 0.4) is 0 Å². The monoisotopic (exact) mass is 334 g/mol. The quantitative estimate of drug-likeness (QED) is 0.595. The van der Waals surface area contributed by atoms with Gasteiger partial charge in [-0.25, -0.2) is 0 Å². The van der Waals surface area contributed by atoms with Crippen LogP contribution in [-0.4, -0.2) is 37.0 Å². The maximum Gasteiger partial charge on any atom is 0.286 e. The lowest BCUT2D eigenvalue weighted by Gasteiger charge is -2.18. The molecule has 1 amide bonds. The third-order valence-corrected chi connectivity index (χ3v) is 3.65. The van der Waals surface area contributed by atoms with Crippen LogP contribution in [0.25, 0.3) is 0 Å². The predicted molar refractivity (Wildman–Crippen MR) is 85.4 cm³/mol. The van der Waals surface area contributed by atoms with Gasteiger partial charge in [-0.2, -0.15) is 0 Å². The molecular formula is C16H18N2O6. The molecule has 1 aromatic carbocycles. The van der Waals surface area contributed by atoms with Gasteiger partial charge in [-0.1, -0.05) is 0 Å². The highest BCUT2D eigenvalue weighted by Gasteiger charge is 2.27. The van der Waals surface area contributed by atoms with E-state index in [1.807, 2.05) is 0 Å². The first-order valence-electron chi connectivity index (χ1n) is 7.07. The molecular weight excluding hydrogens is 316 g/mol. The molecule has 0 aliphatic rings. The number of methoxy groups -OCH3 is 2. The molecule has 8 nitrogen and oxygen atoms in total. The molecule has 1 aromatic heterocycles. The van der Waals surface area contributed by atoms with Crippen molar-refractivity contribution in [1.82, 2.24) is 4.90 Å². The van der Waals surface area contributed by atoms with Crippen LogP contribution in [0.1, 0.15) is 21.7 Å². The van der Waals surface area contributed by atoms with Crippen molar-refractivity contribution in [2.75, 3.05) is 21.3 Å². The Morgan fingerprint density at radius 3 is 2.42 bits per heavy atom. The lowest BCUT2D eigenvalue weighted by Crippen LogP contribution is -2.27. The van der Waals surface area contributed by atoms with Crippen molar-refractivity contribution in [2.45, 2.75) is 13.5 Å². The number of aryl methyl sites for hydroxylation is 1. The fourth-order valence-corrected chi connectivity index (χ4v) is 2.30. The molecule has 0 saturated carbocycles. The molecule has 0 N–H and O–H groups in total. The number of nitrogens with zero attached hydrogens (tertiary/aromatic N) is 2. The minimum absolute atomic E-state index is 0.0682. The Balaban J connectivity index is 2.40. The number of carbonyl (C=O) groups is 1. The molecule has 0 unspecified atom stereocenters. The van der Waals surface area contributed by atoms with Gasteiger partial charge in [0.25, 0.3) is 11.6 Å². The van der Waals surface area contributed by atoms with Crippen LogP contribution in [0.2, 0.25) is 0 Å². The number of nitro benzene ring substituents is 1. The Morgan fingerprint density at radius 1 is 1.29 bits per heavy atom. The third-order valence-electron chi connectivity index (χ3n) is 3.65. The molecule has 0 spiro atoms. The molecule has 0 radical (unpaired) electrons. The van der Waals surface area contributed by atoms with Gasteiger partial charge in [0, 0.05) is 25.2 Å². The summed E-state index contributed by atoms with van der Waals surface area (Å²) in [6, 6.07) is 4.25. The summed E-state index contributed by atoms with van der Waals surface area (Å²) in [5, 5.41) is 11.3. The number of nitro groups is 1. The fraction of sp³-hybridized carbons (Fsp3) is 0.312. The average Bonchev–Trinajstić information content (AvgIpc) is 2.97. The van der Waals surface area contributed by atoms with E-state index in [0.29, 0.717) is 5.76 Å². The van der Waals surface area contributed by atoms with Crippen LogP contribution < -0.4 is 9.47 Å². The standard InChI is InChI=1S/C16H18N2O6/c1-10-11(5-6-24-10)9-17(2)16(19)12-7-14(22-3)15(23-4)8-13(12)18(20)21/h5-8H,9H2,1-4H3. The average molecular weight is 334 g/mol. The summed E-state index contributed by atoms with van der Waals surface area (Å²) < 4.78 is 15.4. The molecule has 0 atom stereocenters. The number of ether oxygens (including phenoxy) is 2. The SMILES string of the molecule is COc1cc(C(=O)N(C)Cc2ccoc2C)c([N+](=O)[O-])cc1OC. The molecule has 0 aliphatic heterocycles. The summed E-state index contributed by atoms with van der Waals surface area (Å²) in [4.78, 5) is 24.7. The molecule has 2 rings (SSSR count). The van der Waals surface area contributed by atoms with Gasteiger partial charge in [-0.3, -0.25) is 14.9 Å². The Labute approximate surface area is 138 Å². The molecule has 1 heterocycles. The molecule has 0 fully saturated rings. The van der Waals surface area contributed by atoms with Crippen molar-refractivity contribution in [3.63, 3.8) is 0 Å². The fourth-order valence-electron chi connectivity index (χ4n) is 2.30. The van der Waals surface area contributed by atoms with Crippen molar-refractivity contribution >= 4 is 11.6 Å². The van der Waals surface area contributed by atoms with Gasteiger partial charge in [0.1, 0.15) is 11.3 Å². The lowest BCUT2D eigenvalue weighted by atomic mass is 10.1. The Hall–Kier alpha value is -3.03. The van der Waals surface area contributed by atoms with Crippen molar-refractivity contribution in [2.24, 2.45) is 0 Å². The van der Waals surface area contributed by atoms with E-state index in [0.717, 1.165) is 5.56 Å². The topological polar surface area (TPSA) is 95.0 Å². The third kappa shape index (κ3) is 3.32. The lowest BCUT2D eigenvalue weighted by molar-refractivity contribution is -0.385. The van der Waals surface area contributed by atoms with Crippen molar-refractivity contribution < 1.29 is 23.6 Å². The zero-order chi connectivity index (χ0) is 17.9. The number of benzene rings is 1. The maximum absolute atomic E-state index is 12.7. The molecule has 0 aliphatic carbocycles. The number of furan rings is 1. The van der Waals surface area contributed by atoms with E-state index in [4.69, 9.17) is 13.9 Å². The van der Waals surface area contributed by atoms with Gasteiger partial charge in [0.15, 0.2) is 11.5 Å². The Bertz CT molecular complexity index is 768. The summed E-state index contributed by atoms with van der Waals surface area (Å²) in [5.41, 5.74) is 0.420. The normalized spacial score (nSPS) is 10.3. The minimum atomic E-state index is -0.619. The molecule has 24 heavy (non-hydrogen) atoms. The Morgan fingerprint density at radius 2 is 1.92 bits per heavy atom. The van der Waals surface area contributed by atoms with Gasteiger partial charge >= 0.3 is 0 Å². The van der Waals surface area contributed by atoms with Crippen LogP contribution in [-0.2, 0) is 6.54 Å². The number of rotatable bonds is 6. The van der Waals surface area contributed by atoms with Gasteiger partial charge in [-0.15, -0.1) is 0 Å². The van der Waals surface area contributed by atoms with E-state index >= 15 is 0 Å². The van der Waals surface area contributed by atoms with Gasteiger partial charge < -0.3 is 18.8 Å². The summed E-state index contributed by atoms with van der Waals surface area (Å²) in [6.45, 7) is 2.05. The number of carbonyl (C=O) groups excluding carboxylic acids is 1. The van der Waals surface area contributed by atoms with E-state index < -0.39 is 10.8 Å². The minimum Gasteiger partial charge on any atom is -0.493 e. The van der Waals surface area contributed by atoms with Crippen LogP contribution in [0.4, 0.5) is 5.69 Å². The van der Waals surface area contributed by atoms with Crippen LogP contribution in [0, 0.1) is 17.0 Å². The zero-order valence-corrected chi connectivity index (χ0v) is 13.9. The first kappa shape index (κ1) is 17.3. The van der Waals surface area contributed by atoms with E-state index in [1.165, 1.54) is 37.5 Å². The maximum atomic E-state index is 12.7. The highest BCUT2D eigenvalue weighted by molar-refractivity contribution is 5.99. The van der Waals surface area contributed by atoms with Crippen molar-refractivity contribution in [3.05, 3.63) is 51.5 Å². The Kier molecular flexibility index (Phi) is 5.08. The summed E-state index contributed by atoms with van der Waals surface area (Å²) in [5.74, 6) is 0.633. The molecule has 8 heteroatoms. The van der Waals surface area contributed by atoms with Crippen LogP contribution in [0.5, 0.6) is 11.5 Å². The van der Waals surface area contributed by atoms with E-state index in [1.54, 1.807) is 20.0 Å². The van der Waals surface area contributed by atoms with Crippen LogP contribution >= 0.6 is 0 Å². The van der Waals surface area contributed by atoms with Crippen molar-refractivity contribution in [1.29, 1.82) is 0 Å². The summed E-state index contributed by atoms with van der Waals surface area (Å²) >= 11 is 0. The van der Waals surface area contributed by atoms with E-state index in [2.05, 4.69) is 0 Å². The zero-order valence-electron chi connectivity index (χ0n) is 13.9. The summed E-state index contributed by atoms with van der Waals surface area (Å²) in [7, 11) is 4.34. The van der Waals surface area contributed by atoms with E-state index in [-0.39, 0.29) is 29.3 Å². The number of hydrogen-bond donors (Lipinski definition) is 0. The number of hydrogen-bond acceptors (Lipinski definition) is 6. The largest absolute Gasteiger partial charge is 0.493 e. The summed E-state index contributed by atoms with van der Waals surface area (Å²) in [6.07, 6.45) is 1.53. The first-order chi connectivity index (χ1) is 11.4. The van der Waals surface area contributed by atoms with Crippen molar-refractivity contribution in [3.8, 4) is 11.5 Å². The number of amides is 1. The molecule has 0 bridgehead atoms. The predicted octanol–water partition coefficient (Wildman–Crippen LogP) is 2.79. The second-order valence-corrected chi connectivity index (χ2v) is 5.14. The van der Waals surface area contributed by atoms with E-state index in [9.17, 15) is 14.9 Å². The highest BCUT2D eigenvalue weighted by Crippen LogP contribution is 2.35. The van der Waals surface area contributed by atoms with Crippen LogP contribution in [0.15, 0.2) is 28.9 Å². The molecule has 2 aromatic rings. The van der Waals surface area contributed by atoms with Gasteiger partial charge in [-0.05, 0) is 13.0 Å². The highest BCUT2D eigenvalue weighted by atomic mass is 16.6. The molecule has 0 saturated heterocycles. The second-order valence-electron chi connectivity index (χ2n) is 5.14.